The van der Waals surface area contributed by atoms with Crippen LogP contribution in [0.15, 0.2) is 48.5 Å². The molecule has 0 saturated heterocycles. The van der Waals surface area contributed by atoms with Gasteiger partial charge in [-0.1, -0.05) is 59.5 Å². The van der Waals surface area contributed by atoms with Gasteiger partial charge in [-0.3, -0.25) is 0 Å². The Morgan fingerprint density at radius 1 is 0.619 bits per heavy atom. The van der Waals surface area contributed by atoms with Gasteiger partial charge in [0.15, 0.2) is 7.28 Å². The van der Waals surface area contributed by atoms with Gasteiger partial charge in [-0.25, -0.2) is 0 Å². The second kappa shape index (κ2) is 5.46. The summed E-state index contributed by atoms with van der Waals surface area (Å²) in [6.45, 7) is 0. The summed E-state index contributed by atoms with van der Waals surface area (Å²) in [7, 11) is 1.27. The van der Waals surface area contributed by atoms with Gasteiger partial charge in [-0.2, -0.15) is 26.3 Å². The molecular weight excluding hydrogens is 293 g/mol. The molecule has 2 aromatic carbocycles. The van der Waals surface area contributed by atoms with Crippen LogP contribution in [0.25, 0.3) is 0 Å². The van der Waals surface area contributed by atoms with E-state index >= 15 is 0 Å². The first-order valence-corrected chi connectivity index (χ1v) is 5.85. The Labute approximate surface area is 117 Å². The molecule has 1 radical (unpaired) electrons. The predicted molar refractivity (Wildman–Crippen MR) is 67.9 cm³/mol. The van der Waals surface area contributed by atoms with Crippen LogP contribution in [-0.2, 0) is 12.4 Å². The highest BCUT2D eigenvalue weighted by atomic mass is 19.4. The summed E-state index contributed by atoms with van der Waals surface area (Å²) in [5, 5.41) is 0. The summed E-state index contributed by atoms with van der Waals surface area (Å²) in [5.41, 5.74) is -1.32. The van der Waals surface area contributed by atoms with E-state index in [0.29, 0.717) is 0 Å². The van der Waals surface area contributed by atoms with Gasteiger partial charge in [0, 0.05) is 0 Å². The van der Waals surface area contributed by atoms with Crippen molar-refractivity contribution in [1.29, 1.82) is 0 Å². The topological polar surface area (TPSA) is 0 Å². The summed E-state index contributed by atoms with van der Waals surface area (Å²) in [5.74, 6) is 0. The molecule has 0 heterocycles. The maximum atomic E-state index is 12.6. The van der Waals surface area contributed by atoms with Crippen molar-refractivity contribution in [2.45, 2.75) is 12.4 Å². The lowest BCUT2D eigenvalue weighted by Crippen LogP contribution is -2.28. The summed E-state index contributed by atoms with van der Waals surface area (Å²) in [4.78, 5) is 0. The van der Waals surface area contributed by atoms with Gasteiger partial charge in [0.2, 0.25) is 0 Å². The van der Waals surface area contributed by atoms with Crippen molar-refractivity contribution in [1.82, 2.24) is 0 Å². The molecule has 0 N–H and O–H groups in total. The number of alkyl halides is 6. The Morgan fingerprint density at radius 3 is 1.33 bits per heavy atom. The van der Waals surface area contributed by atoms with Crippen molar-refractivity contribution < 1.29 is 26.3 Å². The van der Waals surface area contributed by atoms with Crippen LogP contribution in [0.4, 0.5) is 26.3 Å². The lowest BCUT2D eigenvalue weighted by atomic mass is 9.63. The van der Waals surface area contributed by atoms with E-state index < -0.39 is 23.5 Å². The molecule has 109 valence electrons. The molecule has 2 aromatic rings. The van der Waals surface area contributed by atoms with E-state index in [1.54, 1.807) is 0 Å². The minimum absolute atomic E-state index is 0.184. The van der Waals surface area contributed by atoms with Crippen LogP contribution >= 0.6 is 0 Å². The third-order valence-corrected chi connectivity index (χ3v) is 2.76. The second-order valence-corrected chi connectivity index (χ2v) is 4.39. The molecule has 21 heavy (non-hydrogen) atoms. The summed E-state index contributed by atoms with van der Waals surface area (Å²) < 4.78 is 75.4. The van der Waals surface area contributed by atoms with Crippen molar-refractivity contribution in [3.63, 3.8) is 0 Å². The molecule has 0 aliphatic carbocycles. The van der Waals surface area contributed by atoms with E-state index in [0.717, 1.165) is 24.3 Å². The molecule has 0 atom stereocenters. The Hall–Kier alpha value is -1.92. The SMILES string of the molecule is FC(F)(F)c1cccc([B]c2cccc(C(F)(F)F)c2)c1. The highest BCUT2D eigenvalue weighted by molar-refractivity contribution is 6.67. The van der Waals surface area contributed by atoms with E-state index in [9.17, 15) is 26.3 Å². The van der Waals surface area contributed by atoms with Crippen LogP contribution in [0.1, 0.15) is 11.1 Å². The fourth-order valence-corrected chi connectivity index (χ4v) is 1.80. The van der Waals surface area contributed by atoms with Crippen molar-refractivity contribution in [2.75, 3.05) is 0 Å². The average molecular weight is 301 g/mol. The van der Waals surface area contributed by atoms with E-state index in [1.807, 2.05) is 0 Å². The molecular formula is C14H8BF6. The minimum Gasteiger partial charge on any atom is -0.166 e. The minimum atomic E-state index is -4.49. The normalized spacial score (nSPS) is 12.3. The third-order valence-electron chi connectivity index (χ3n) is 2.76. The fourth-order valence-electron chi connectivity index (χ4n) is 1.80. The number of rotatable bonds is 2. The molecule has 0 bridgehead atoms. The summed E-state index contributed by atoms with van der Waals surface area (Å²) in [6.07, 6.45) is -8.98. The van der Waals surface area contributed by atoms with Gasteiger partial charge in [-0.15, -0.1) is 0 Å². The number of hydrogen-bond donors (Lipinski definition) is 0. The van der Waals surface area contributed by atoms with Crippen LogP contribution in [0.3, 0.4) is 0 Å². The molecule has 0 amide bonds. The summed E-state index contributed by atoms with van der Waals surface area (Å²) in [6, 6.07) is 8.81. The lowest BCUT2D eigenvalue weighted by Gasteiger charge is -2.10. The molecule has 0 aliphatic rings. The highest BCUT2D eigenvalue weighted by Gasteiger charge is 2.31. The molecule has 0 aromatic heterocycles. The Morgan fingerprint density at radius 2 is 1.00 bits per heavy atom. The van der Waals surface area contributed by atoms with Crippen molar-refractivity contribution >= 4 is 18.2 Å². The third kappa shape index (κ3) is 4.03. The zero-order chi connectivity index (χ0) is 15.7. The molecule has 0 nitrogen and oxygen atoms in total. The molecule has 7 heteroatoms. The predicted octanol–water partition coefficient (Wildman–Crippen LogP) is 3.38. The molecule has 0 saturated carbocycles. The standard InChI is InChI=1S/C14H8BF6/c16-13(17,18)9-3-1-5-11(7-9)15-12-6-2-4-10(8-12)14(19,20)21/h1-8H. The van der Waals surface area contributed by atoms with E-state index in [4.69, 9.17) is 0 Å². The fraction of sp³-hybridized carbons (Fsp3) is 0.143. The molecule has 0 unspecified atom stereocenters. The first-order valence-electron chi connectivity index (χ1n) is 5.85. The van der Waals surface area contributed by atoms with Crippen LogP contribution < -0.4 is 10.9 Å². The van der Waals surface area contributed by atoms with Gasteiger partial charge in [0.05, 0.1) is 11.1 Å². The smallest absolute Gasteiger partial charge is 0.166 e. The van der Waals surface area contributed by atoms with Gasteiger partial charge >= 0.3 is 12.4 Å². The maximum absolute atomic E-state index is 12.6. The van der Waals surface area contributed by atoms with Gasteiger partial charge in [0.25, 0.3) is 0 Å². The van der Waals surface area contributed by atoms with Crippen molar-refractivity contribution in [2.24, 2.45) is 0 Å². The Bertz CT molecular complexity index is 574. The molecule has 0 aliphatic heterocycles. The molecule has 2 rings (SSSR count). The monoisotopic (exact) mass is 301 g/mol. The zero-order valence-corrected chi connectivity index (χ0v) is 10.5. The van der Waals surface area contributed by atoms with E-state index in [1.165, 1.54) is 31.5 Å². The molecule has 0 fully saturated rings. The van der Waals surface area contributed by atoms with Gasteiger partial charge < -0.3 is 0 Å². The zero-order valence-electron chi connectivity index (χ0n) is 10.5. The Balaban J connectivity index is 2.27. The number of halogens is 6. The van der Waals surface area contributed by atoms with E-state index in [2.05, 4.69) is 0 Å². The number of benzene rings is 2. The second-order valence-electron chi connectivity index (χ2n) is 4.39. The van der Waals surface area contributed by atoms with Crippen molar-refractivity contribution in [3.05, 3.63) is 59.7 Å². The van der Waals surface area contributed by atoms with Crippen molar-refractivity contribution in [3.8, 4) is 0 Å². The van der Waals surface area contributed by atoms with Gasteiger partial charge in [-0.05, 0) is 0 Å². The maximum Gasteiger partial charge on any atom is 0.416 e. The van der Waals surface area contributed by atoms with Crippen LogP contribution in [0.2, 0.25) is 0 Å². The highest BCUT2D eigenvalue weighted by Crippen LogP contribution is 2.29. The summed E-state index contributed by atoms with van der Waals surface area (Å²) >= 11 is 0. The number of hydrogen-bond acceptors (Lipinski definition) is 0. The Kier molecular flexibility index (Phi) is 4.03. The molecule has 0 spiro atoms. The van der Waals surface area contributed by atoms with E-state index in [-0.39, 0.29) is 10.9 Å². The first kappa shape index (κ1) is 15.5. The van der Waals surface area contributed by atoms with Crippen LogP contribution in [-0.4, -0.2) is 7.28 Å². The van der Waals surface area contributed by atoms with Crippen LogP contribution in [0, 0.1) is 0 Å². The lowest BCUT2D eigenvalue weighted by molar-refractivity contribution is -0.138. The largest absolute Gasteiger partial charge is 0.416 e. The van der Waals surface area contributed by atoms with Crippen LogP contribution in [0.5, 0.6) is 0 Å². The average Bonchev–Trinajstić information content (AvgIpc) is 2.37. The first-order chi connectivity index (χ1) is 9.66. The van der Waals surface area contributed by atoms with Gasteiger partial charge in [0.1, 0.15) is 0 Å². The quantitative estimate of drug-likeness (QED) is 0.589.